The van der Waals surface area contributed by atoms with Gasteiger partial charge in [-0.2, -0.15) is 13.2 Å². The second kappa shape index (κ2) is 9.28. The Balaban J connectivity index is 0.000000204. The molecule has 13 heteroatoms. The minimum Gasteiger partial charge on any atom is -0.432 e. The summed E-state index contributed by atoms with van der Waals surface area (Å²) in [5.41, 5.74) is 2.22. The molecule has 0 spiro atoms. The number of fused-ring (bicyclic) bond motifs is 2. The van der Waals surface area contributed by atoms with Crippen molar-refractivity contribution in [3.8, 4) is 0 Å². The highest BCUT2D eigenvalue weighted by molar-refractivity contribution is 8.00. The Morgan fingerprint density at radius 3 is 2.28 bits per heavy atom. The van der Waals surface area contributed by atoms with E-state index in [1.807, 2.05) is 6.07 Å². The molecule has 2 N–H and O–H groups in total. The zero-order chi connectivity index (χ0) is 23.5. The summed E-state index contributed by atoms with van der Waals surface area (Å²) in [6, 6.07) is 10.9. The number of oxazole rings is 2. The molecule has 2 amide bonds. The lowest BCUT2D eigenvalue weighted by Crippen LogP contribution is -2.25. The van der Waals surface area contributed by atoms with E-state index in [0.29, 0.717) is 11.1 Å². The first-order valence-electron chi connectivity index (χ1n) is 8.71. The fraction of sp³-hybridized carbons (Fsp3) is 0.158. The molecule has 2 heterocycles. The number of carbonyl (C=O) groups excluding carboxylic acids is 2. The molecular formula is C19H15F3N4O5S. The average Bonchev–Trinajstić information content (AvgIpc) is 3.35. The minimum atomic E-state index is -4.38. The summed E-state index contributed by atoms with van der Waals surface area (Å²) in [5.74, 6) is -1.57. The number of thioether (sulfide) groups is 1. The predicted octanol–water partition coefficient (Wildman–Crippen LogP) is 4.00. The van der Waals surface area contributed by atoms with E-state index < -0.39 is 17.3 Å². The van der Waals surface area contributed by atoms with Crippen molar-refractivity contribution in [1.29, 1.82) is 0 Å². The van der Waals surface area contributed by atoms with E-state index in [0.717, 1.165) is 5.06 Å². The monoisotopic (exact) mass is 468 g/mol. The third-order valence-corrected chi connectivity index (χ3v) is 4.56. The lowest BCUT2D eigenvalue weighted by Gasteiger charge is -2.09. The smallest absolute Gasteiger partial charge is 0.432 e. The number of nitrogens with zero attached hydrogens (tertiary/aromatic N) is 3. The van der Waals surface area contributed by atoms with Gasteiger partial charge < -0.3 is 14.6 Å². The van der Waals surface area contributed by atoms with Crippen LogP contribution >= 0.6 is 11.8 Å². The molecule has 4 rings (SSSR count). The third kappa shape index (κ3) is 5.56. The number of alkyl halides is 3. The Kier molecular flexibility index (Phi) is 6.69. The van der Waals surface area contributed by atoms with Crippen LogP contribution in [0.1, 0.15) is 21.4 Å². The lowest BCUT2D eigenvalue weighted by molar-refractivity contribution is -0.0776. The van der Waals surface area contributed by atoms with Crippen LogP contribution in [0.3, 0.4) is 0 Å². The first-order chi connectivity index (χ1) is 15.1. The van der Waals surface area contributed by atoms with Crippen molar-refractivity contribution >= 4 is 45.8 Å². The standard InChI is InChI=1S/C11H9F3N2O3S.C8H6N2O2/c1-16(18-2)10(17)9-15-7-5-6(20-11(12,13)14)3-4-8(7)19-9;9-7(11)8-10-5-3-1-2-4-6(5)12-8/h3-5H,1-2H3;1-4H,(H2,9,11). The third-order valence-electron chi connectivity index (χ3n) is 3.84. The van der Waals surface area contributed by atoms with Crippen LogP contribution in [0.25, 0.3) is 22.2 Å². The van der Waals surface area contributed by atoms with E-state index in [4.69, 9.17) is 14.6 Å². The van der Waals surface area contributed by atoms with Crippen molar-refractivity contribution in [2.24, 2.45) is 5.73 Å². The molecular weight excluding hydrogens is 453 g/mol. The number of hydrogen-bond donors (Lipinski definition) is 1. The van der Waals surface area contributed by atoms with Gasteiger partial charge in [-0.1, -0.05) is 12.1 Å². The molecule has 0 bridgehead atoms. The minimum absolute atomic E-state index is 0.0302. The zero-order valence-corrected chi connectivity index (χ0v) is 17.4. The maximum atomic E-state index is 12.3. The van der Waals surface area contributed by atoms with Crippen LogP contribution in [0.15, 0.2) is 56.2 Å². The van der Waals surface area contributed by atoms with Crippen molar-refractivity contribution < 1.29 is 36.4 Å². The molecule has 0 aliphatic heterocycles. The SMILES string of the molecule is CON(C)C(=O)c1nc2cc(SC(F)(F)F)ccc2o1.NC(=O)c1nc2ccccc2o1. The quantitative estimate of drug-likeness (QED) is 0.352. The molecule has 168 valence electrons. The number of amides is 2. The molecule has 0 unspecified atom stereocenters. The molecule has 0 saturated carbocycles. The number of rotatable bonds is 4. The second-order valence-corrected chi connectivity index (χ2v) is 7.17. The number of benzene rings is 2. The number of primary amides is 1. The summed E-state index contributed by atoms with van der Waals surface area (Å²) >= 11 is -0.258. The molecule has 0 fully saturated rings. The normalized spacial score (nSPS) is 11.3. The fourth-order valence-corrected chi connectivity index (χ4v) is 2.96. The van der Waals surface area contributed by atoms with E-state index >= 15 is 0 Å². The Hall–Kier alpha value is -3.58. The molecule has 32 heavy (non-hydrogen) atoms. The van der Waals surface area contributed by atoms with Crippen LogP contribution in [0.2, 0.25) is 0 Å². The highest BCUT2D eigenvalue weighted by Gasteiger charge is 2.29. The van der Waals surface area contributed by atoms with Gasteiger partial charge in [0, 0.05) is 11.9 Å². The topological polar surface area (TPSA) is 125 Å². The summed E-state index contributed by atoms with van der Waals surface area (Å²) in [6.45, 7) is 0. The van der Waals surface area contributed by atoms with Crippen molar-refractivity contribution in [2.75, 3.05) is 14.2 Å². The predicted molar refractivity (Wildman–Crippen MR) is 108 cm³/mol. The molecule has 0 aliphatic carbocycles. The average molecular weight is 468 g/mol. The zero-order valence-electron chi connectivity index (χ0n) is 16.5. The Morgan fingerprint density at radius 2 is 1.66 bits per heavy atom. The van der Waals surface area contributed by atoms with Gasteiger partial charge in [0.2, 0.25) is 0 Å². The van der Waals surface area contributed by atoms with Gasteiger partial charge >= 0.3 is 17.3 Å². The van der Waals surface area contributed by atoms with Gasteiger partial charge in [-0.3, -0.25) is 14.4 Å². The number of nitrogens with two attached hydrogens (primary N) is 1. The van der Waals surface area contributed by atoms with E-state index in [-0.39, 0.29) is 39.5 Å². The van der Waals surface area contributed by atoms with Gasteiger partial charge in [0.05, 0.1) is 7.11 Å². The van der Waals surface area contributed by atoms with E-state index in [1.54, 1.807) is 18.2 Å². The molecule has 0 saturated heterocycles. The van der Waals surface area contributed by atoms with Crippen molar-refractivity contribution in [1.82, 2.24) is 15.0 Å². The van der Waals surface area contributed by atoms with Gasteiger partial charge in [0.25, 0.3) is 11.8 Å². The molecule has 0 radical (unpaired) electrons. The van der Waals surface area contributed by atoms with Gasteiger partial charge in [-0.05, 0) is 42.1 Å². The summed E-state index contributed by atoms with van der Waals surface area (Å²) < 4.78 is 47.0. The van der Waals surface area contributed by atoms with E-state index in [1.165, 1.54) is 32.4 Å². The van der Waals surface area contributed by atoms with Crippen LogP contribution in [-0.4, -0.2) is 46.5 Å². The molecule has 2 aromatic carbocycles. The number of hydrogen-bond acceptors (Lipinski definition) is 8. The number of hydroxylamine groups is 2. The van der Waals surface area contributed by atoms with Crippen molar-refractivity contribution in [3.63, 3.8) is 0 Å². The van der Waals surface area contributed by atoms with Crippen molar-refractivity contribution in [2.45, 2.75) is 10.4 Å². The first-order valence-corrected chi connectivity index (χ1v) is 9.53. The van der Waals surface area contributed by atoms with Gasteiger partial charge in [0.1, 0.15) is 11.0 Å². The van der Waals surface area contributed by atoms with Crippen LogP contribution < -0.4 is 5.73 Å². The molecule has 4 aromatic rings. The van der Waals surface area contributed by atoms with Crippen LogP contribution in [0.5, 0.6) is 0 Å². The number of para-hydroxylation sites is 2. The van der Waals surface area contributed by atoms with Gasteiger partial charge in [-0.25, -0.2) is 15.0 Å². The Morgan fingerprint density at radius 1 is 1.03 bits per heavy atom. The molecule has 0 aliphatic rings. The maximum Gasteiger partial charge on any atom is 0.446 e. The summed E-state index contributed by atoms with van der Waals surface area (Å²) in [5, 5.41) is 0.899. The first kappa shape index (κ1) is 23.1. The number of halogens is 3. The maximum absolute atomic E-state index is 12.3. The number of carbonyl (C=O) groups is 2. The summed E-state index contributed by atoms with van der Waals surface area (Å²) in [4.78, 5) is 34.7. The van der Waals surface area contributed by atoms with Crippen LogP contribution in [0.4, 0.5) is 13.2 Å². The summed E-state index contributed by atoms with van der Waals surface area (Å²) in [6.07, 6.45) is 0. The summed E-state index contributed by atoms with van der Waals surface area (Å²) in [7, 11) is 2.65. The second-order valence-electron chi connectivity index (χ2n) is 6.03. The van der Waals surface area contributed by atoms with Crippen LogP contribution in [0, 0.1) is 0 Å². The Bertz CT molecular complexity index is 1240. The van der Waals surface area contributed by atoms with E-state index in [9.17, 15) is 22.8 Å². The van der Waals surface area contributed by atoms with E-state index in [2.05, 4.69) is 14.8 Å². The highest BCUT2D eigenvalue weighted by Crippen LogP contribution is 2.37. The molecule has 9 nitrogen and oxygen atoms in total. The fourth-order valence-electron chi connectivity index (χ4n) is 2.39. The molecule has 0 atom stereocenters. The largest absolute Gasteiger partial charge is 0.446 e. The Labute approximate surface area is 182 Å². The van der Waals surface area contributed by atoms with Gasteiger partial charge in [0.15, 0.2) is 11.2 Å². The highest BCUT2D eigenvalue weighted by atomic mass is 32.2. The number of aromatic nitrogens is 2. The van der Waals surface area contributed by atoms with Crippen LogP contribution in [-0.2, 0) is 4.84 Å². The lowest BCUT2D eigenvalue weighted by atomic mass is 10.3. The van der Waals surface area contributed by atoms with Crippen molar-refractivity contribution in [3.05, 3.63) is 54.2 Å². The van der Waals surface area contributed by atoms with Gasteiger partial charge in [-0.15, -0.1) is 0 Å². The molecule has 2 aromatic heterocycles.